The quantitative estimate of drug-likeness (QED) is 0.0267. The number of rotatable bonds is 44. The summed E-state index contributed by atoms with van der Waals surface area (Å²) in [4.78, 5) is 34.9. The molecule has 326 valence electrons. The summed E-state index contributed by atoms with van der Waals surface area (Å²) in [6, 6.07) is 0. The van der Waals surface area contributed by atoms with Crippen LogP contribution in [0.5, 0.6) is 0 Å². The van der Waals surface area contributed by atoms with Crippen molar-refractivity contribution >= 4 is 19.8 Å². The van der Waals surface area contributed by atoms with Crippen LogP contribution in [-0.4, -0.2) is 49.3 Å². The predicted molar refractivity (Wildman–Crippen MR) is 229 cm³/mol. The van der Waals surface area contributed by atoms with Gasteiger partial charge in [0.15, 0.2) is 6.10 Å². The third-order valence-electron chi connectivity index (χ3n) is 10.2. The first-order valence-electron chi connectivity index (χ1n) is 23.2. The Hall–Kier alpha value is -1.25. The Balaban J connectivity index is 4.03. The van der Waals surface area contributed by atoms with E-state index in [-0.39, 0.29) is 38.6 Å². The number of carbonyl (C=O) groups excluding carboxylic acids is 2. The lowest BCUT2D eigenvalue weighted by Gasteiger charge is -2.19. The van der Waals surface area contributed by atoms with Crippen LogP contribution < -0.4 is 5.73 Å². The van der Waals surface area contributed by atoms with Gasteiger partial charge in [-0.25, -0.2) is 4.57 Å². The number of hydrogen-bond donors (Lipinski definition) is 2. The van der Waals surface area contributed by atoms with Gasteiger partial charge >= 0.3 is 19.8 Å². The van der Waals surface area contributed by atoms with Gasteiger partial charge in [-0.3, -0.25) is 18.6 Å². The number of ether oxygens (including phenoxy) is 2. The second kappa shape index (κ2) is 42.4. The smallest absolute Gasteiger partial charge is 0.462 e. The molecule has 0 aromatic rings. The van der Waals surface area contributed by atoms with Crippen molar-refractivity contribution in [1.29, 1.82) is 0 Å². The second-order valence-electron chi connectivity index (χ2n) is 15.6. The average Bonchev–Trinajstić information content (AvgIpc) is 3.17. The third kappa shape index (κ3) is 42.2. The molecular weight excluding hydrogens is 713 g/mol. The molecule has 0 bridgehead atoms. The topological polar surface area (TPSA) is 134 Å². The molecule has 0 aliphatic rings. The zero-order valence-electron chi connectivity index (χ0n) is 35.9. The van der Waals surface area contributed by atoms with Crippen LogP contribution in [0.3, 0.4) is 0 Å². The molecule has 0 spiro atoms. The molecule has 10 heteroatoms. The second-order valence-corrected chi connectivity index (χ2v) is 17.1. The molecule has 0 aromatic carbocycles. The van der Waals surface area contributed by atoms with E-state index in [4.69, 9.17) is 24.3 Å². The van der Waals surface area contributed by atoms with Gasteiger partial charge in [-0.1, -0.05) is 193 Å². The minimum atomic E-state index is -4.37. The first kappa shape index (κ1) is 53.8. The Bertz CT molecular complexity index is 917. The maximum absolute atomic E-state index is 12.6. The molecule has 2 atom stereocenters. The minimum Gasteiger partial charge on any atom is -0.462 e. The summed E-state index contributed by atoms with van der Waals surface area (Å²) in [7, 11) is -4.37. The maximum Gasteiger partial charge on any atom is 0.472 e. The molecule has 0 saturated carbocycles. The van der Waals surface area contributed by atoms with Gasteiger partial charge in [-0.15, -0.1) is 0 Å². The fraction of sp³-hybridized carbons (Fsp3) is 0.911. The Kier molecular flexibility index (Phi) is 41.4. The number of carbonyl (C=O) groups is 2. The number of allylic oxidation sites excluding steroid dienone is 2. The molecule has 0 aliphatic heterocycles. The molecule has 0 amide bonds. The predicted octanol–water partition coefficient (Wildman–Crippen LogP) is 13.4. The normalized spacial score (nSPS) is 13.3. The van der Waals surface area contributed by atoms with Crippen LogP contribution in [0.25, 0.3) is 0 Å². The number of unbranched alkanes of at least 4 members (excludes halogenated alkanes) is 29. The van der Waals surface area contributed by atoms with Gasteiger partial charge in [0, 0.05) is 19.4 Å². The molecule has 3 N–H and O–H groups in total. The van der Waals surface area contributed by atoms with Gasteiger partial charge in [-0.05, 0) is 38.5 Å². The summed E-state index contributed by atoms with van der Waals surface area (Å²) in [6.45, 7) is 3.76. The van der Waals surface area contributed by atoms with E-state index < -0.39 is 26.5 Å². The van der Waals surface area contributed by atoms with Crippen LogP contribution in [0, 0.1) is 0 Å². The van der Waals surface area contributed by atoms with Crippen LogP contribution >= 0.6 is 7.82 Å². The van der Waals surface area contributed by atoms with E-state index >= 15 is 0 Å². The van der Waals surface area contributed by atoms with E-state index in [1.807, 2.05) is 0 Å². The Morgan fingerprint density at radius 3 is 1.29 bits per heavy atom. The zero-order valence-corrected chi connectivity index (χ0v) is 36.8. The van der Waals surface area contributed by atoms with Crippen molar-refractivity contribution in [2.24, 2.45) is 5.73 Å². The van der Waals surface area contributed by atoms with Crippen LogP contribution in [0.4, 0.5) is 0 Å². The summed E-state index contributed by atoms with van der Waals surface area (Å²) in [5, 5.41) is 0. The lowest BCUT2D eigenvalue weighted by Crippen LogP contribution is -2.29. The number of esters is 2. The SMILES string of the molecule is CCCCCCCCC=CCCCCCCCCCCCCCC(=O)OC[C@H](COP(=O)(O)OCCN)OC(=O)CCCCCCCCCCCCCCC. The molecule has 0 aromatic heterocycles. The first-order chi connectivity index (χ1) is 26.8. The number of hydrogen-bond acceptors (Lipinski definition) is 8. The highest BCUT2D eigenvalue weighted by molar-refractivity contribution is 7.47. The Morgan fingerprint density at radius 1 is 0.527 bits per heavy atom. The minimum absolute atomic E-state index is 0.0565. The van der Waals surface area contributed by atoms with Gasteiger partial charge in [0.2, 0.25) is 0 Å². The fourth-order valence-electron chi connectivity index (χ4n) is 6.69. The molecule has 0 aliphatic carbocycles. The molecular formula is C45H88NO8P. The van der Waals surface area contributed by atoms with Crippen molar-refractivity contribution in [2.45, 2.75) is 238 Å². The summed E-state index contributed by atoms with van der Waals surface area (Å²) < 4.78 is 32.8. The van der Waals surface area contributed by atoms with Crippen LogP contribution in [-0.2, 0) is 32.7 Å². The van der Waals surface area contributed by atoms with Crippen molar-refractivity contribution in [3.05, 3.63) is 12.2 Å². The molecule has 0 heterocycles. The molecule has 0 fully saturated rings. The summed E-state index contributed by atoms with van der Waals surface area (Å²) in [5.41, 5.74) is 5.35. The van der Waals surface area contributed by atoms with Gasteiger partial charge in [0.05, 0.1) is 13.2 Å². The monoisotopic (exact) mass is 802 g/mol. The number of nitrogens with two attached hydrogens (primary N) is 1. The Morgan fingerprint density at radius 2 is 0.891 bits per heavy atom. The van der Waals surface area contributed by atoms with Crippen molar-refractivity contribution in [2.75, 3.05) is 26.4 Å². The maximum atomic E-state index is 12.6. The van der Waals surface area contributed by atoms with Crippen LogP contribution in [0.15, 0.2) is 12.2 Å². The van der Waals surface area contributed by atoms with Crippen molar-refractivity contribution in [3.63, 3.8) is 0 Å². The van der Waals surface area contributed by atoms with E-state index in [2.05, 4.69) is 26.0 Å². The van der Waals surface area contributed by atoms with Crippen LogP contribution in [0.2, 0.25) is 0 Å². The number of phosphoric acid groups is 1. The molecule has 0 radical (unpaired) electrons. The summed E-state index contributed by atoms with van der Waals surface area (Å²) in [5.74, 6) is -0.817. The van der Waals surface area contributed by atoms with E-state index in [0.717, 1.165) is 32.1 Å². The lowest BCUT2D eigenvalue weighted by molar-refractivity contribution is -0.161. The van der Waals surface area contributed by atoms with E-state index in [1.165, 1.54) is 167 Å². The summed E-state index contributed by atoms with van der Waals surface area (Å²) >= 11 is 0. The van der Waals surface area contributed by atoms with Gasteiger partial charge in [0.1, 0.15) is 6.61 Å². The van der Waals surface area contributed by atoms with Crippen molar-refractivity contribution in [3.8, 4) is 0 Å². The fourth-order valence-corrected chi connectivity index (χ4v) is 7.45. The average molecular weight is 802 g/mol. The van der Waals surface area contributed by atoms with Crippen molar-refractivity contribution < 1.29 is 37.6 Å². The lowest BCUT2D eigenvalue weighted by atomic mass is 10.0. The highest BCUT2D eigenvalue weighted by Gasteiger charge is 2.26. The molecule has 1 unspecified atom stereocenters. The van der Waals surface area contributed by atoms with E-state index in [0.29, 0.717) is 6.42 Å². The zero-order chi connectivity index (χ0) is 40.3. The first-order valence-corrected chi connectivity index (χ1v) is 24.7. The highest BCUT2D eigenvalue weighted by atomic mass is 31.2. The molecule has 0 saturated heterocycles. The largest absolute Gasteiger partial charge is 0.472 e. The number of phosphoric ester groups is 1. The van der Waals surface area contributed by atoms with Crippen LogP contribution in [0.1, 0.15) is 232 Å². The van der Waals surface area contributed by atoms with Gasteiger partial charge in [-0.2, -0.15) is 0 Å². The van der Waals surface area contributed by atoms with Gasteiger partial charge < -0.3 is 20.1 Å². The third-order valence-corrected chi connectivity index (χ3v) is 11.1. The molecule has 9 nitrogen and oxygen atoms in total. The standard InChI is InChI=1S/C45H88NO8P/c1-3-5-7-9-11-13-15-17-18-19-20-21-22-23-24-26-27-29-31-33-35-37-44(47)51-41-43(42-53-55(49,50)52-40-39-46)54-45(48)38-36-34-32-30-28-25-16-14-12-10-8-6-4-2/h17-18,43H,3-16,19-42,46H2,1-2H3,(H,49,50)/t43-/m1/s1. The highest BCUT2D eigenvalue weighted by Crippen LogP contribution is 2.43. The van der Waals surface area contributed by atoms with E-state index in [1.54, 1.807) is 0 Å². The molecule has 55 heavy (non-hydrogen) atoms. The van der Waals surface area contributed by atoms with Crippen molar-refractivity contribution in [1.82, 2.24) is 0 Å². The molecule has 0 rings (SSSR count). The van der Waals surface area contributed by atoms with Gasteiger partial charge in [0.25, 0.3) is 0 Å². The summed E-state index contributed by atoms with van der Waals surface area (Å²) in [6.07, 6.45) is 43.9. The Labute approximate surface area is 339 Å². The van der Waals surface area contributed by atoms with E-state index in [9.17, 15) is 19.0 Å².